The molecular weight excluding hydrogens is 300 g/mol. The number of hydrogen-bond donors (Lipinski definition) is 0. The van der Waals surface area contributed by atoms with Crippen LogP contribution >= 0.6 is 11.6 Å². The van der Waals surface area contributed by atoms with Crippen LogP contribution in [0, 0.1) is 18.6 Å². The first-order valence-corrected chi connectivity index (χ1v) is 6.35. The molecule has 3 rings (SSSR count). The zero-order valence-corrected chi connectivity index (χ0v) is 11.5. The normalized spacial score (nSPS) is 11.0. The molecule has 4 nitrogen and oxygen atoms in total. The van der Waals surface area contributed by atoms with E-state index in [2.05, 4.69) is 9.97 Å². The molecule has 0 N–H and O–H groups in total. The van der Waals surface area contributed by atoms with Crippen LogP contribution in [-0.2, 0) is 0 Å². The average molecular weight is 308 g/mol. The molecule has 106 valence electrons. The first-order chi connectivity index (χ1) is 9.97. The van der Waals surface area contributed by atoms with E-state index in [1.165, 1.54) is 22.9 Å². The second-order valence-electron chi connectivity index (χ2n) is 4.48. The van der Waals surface area contributed by atoms with Crippen molar-refractivity contribution in [1.82, 2.24) is 14.5 Å². The van der Waals surface area contributed by atoms with Crippen molar-refractivity contribution in [3.63, 3.8) is 0 Å². The van der Waals surface area contributed by atoms with Gasteiger partial charge in [0.25, 0.3) is 5.56 Å². The van der Waals surface area contributed by atoms with Gasteiger partial charge in [0.05, 0.1) is 5.69 Å². The minimum Gasteiger partial charge on any atom is -0.269 e. The molecule has 7 heteroatoms. The van der Waals surface area contributed by atoms with E-state index in [0.717, 1.165) is 12.1 Å². The molecule has 0 unspecified atom stereocenters. The van der Waals surface area contributed by atoms with Crippen LogP contribution in [-0.4, -0.2) is 14.5 Å². The molecule has 2 heterocycles. The second kappa shape index (κ2) is 4.89. The van der Waals surface area contributed by atoms with Crippen molar-refractivity contribution < 1.29 is 8.78 Å². The van der Waals surface area contributed by atoms with Crippen molar-refractivity contribution in [2.45, 2.75) is 6.92 Å². The van der Waals surface area contributed by atoms with E-state index in [4.69, 9.17) is 11.6 Å². The molecule has 0 amide bonds. The minimum absolute atomic E-state index is 0.0381. The SMILES string of the molecule is Cc1cc(=O)n(-c2ccc(F)c(F)c2)c2nc(Cl)ncc12. The number of aromatic nitrogens is 3. The van der Waals surface area contributed by atoms with Gasteiger partial charge in [0, 0.05) is 23.7 Å². The number of pyridine rings is 1. The lowest BCUT2D eigenvalue weighted by Crippen LogP contribution is -2.19. The first kappa shape index (κ1) is 13.6. The summed E-state index contributed by atoms with van der Waals surface area (Å²) in [5.74, 6) is -2.04. The number of nitrogens with zero attached hydrogens (tertiary/aromatic N) is 3. The predicted molar refractivity (Wildman–Crippen MR) is 74.8 cm³/mol. The van der Waals surface area contributed by atoms with Crippen molar-refractivity contribution in [2.75, 3.05) is 0 Å². The fourth-order valence-electron chi connectivity index (χ4n) is 2.11. The molecule has 0 bridgehead atoms. The Morgan fingerprint density at radius 1 is 1.19 bits per heavy atom. The summed E-state index contributed by atoms with van der Waals surface area (Å²) in [5, 5.41) is 0.563. The van der Waals surface area contributed by atoms with Crippen LogP contribution in [0.1, 0.15) is 5.56 Å². The van der Waals surface area contributed by atoms with Crippen molar-refractivity contribution in [3.8, 4) is 5.69 Å². The quantitative estimate of drug-likeness (QED) is 0.649. The zero-order valence-electron chi connectivity index (χ0n) is 10.8. The molecule has 0 aliphatic carbocycles. The van der Waals surface area contributed by atoms with Gasteiger partial charge in [-0.2, -0.15) is 4.98 Å². The van der Waals surface area contributed by atoms with Crippen LogP contribution in [0.25, 0.3) is 16.7 Å². The number of rotatable bonds is 1. The maximum absolute atomic E-state index is 13.4. The molecule has 21 heavy (non-hydrogen) atoms. The Morgan fingerprint density at radius 3 is 2.67 bits per heavy atom. The monoisotopic (exact) mass is 307 g/mol. The summed E-state index contributed by atoms with van der Waals surface area (Å²) >= 11 is 5.77. The highest BCUT2D eigenvalue weighted by Crippen LogP contribution is 2.20. The lowest BCUT2D eigenvalue weighted by molar-refractivity contribution is 0.508. The number of fused-ring (bicyclic) bond motifs is 1. The van der Waals surface area contributed by atoms with E-state index >= 15 is 0 Å². The van der Waals surface area contributed by atoms with E-state index in [-0.39, 0.29) is 16.6 Å². The Labute approximate surface area is 122 Å². The van der Waals surface area contributed by atoms with E-state index in [9.17, 15) is 13.6 Å². The van der Waals surface area contributed by atoms with Gasteiger partial charge in [-0.1, -0.05) is 0 Å². The van der Waals surface area contributed by atoms with E-state index in [0.29, 0.717) is 10.9 Å². The summed E-state index contributed by atoms with van der Waals surface area (Å²) in [6, 6.07) is 4.55. The summed E-state index contributed by atoms with van der Waals surface area (Å²) in [6.45, 7) is 1.73. The standard InChI is InChI=1S/C14H8ClF2N3O/c1-7-4-12(21)20(8-2-3-10(16)11(17)5-8)13-9(7)6-18-14(15)19-13/h2-6H,1H3. The third-order valence-electron chi connectivity index (χ3n) is 3.10. The molecule has 0 spiro atoms. The number of benzene rings is 1. The van der Waals surface area contributed by atoms with Crippen molar-refractivity contribution in [2.24, 2.45) is 0 Å². The molecule has 0 aliphatic rings. The first-order valence-electron chi connectivity index (χ1n) is 5.97. The molecule has 0 fully saturated rings. The van der Waals surface area contributed by atoms with Gasteiger partial charge in [0.1, 0.15) is 0 Å². The Bertz CT molecular complexity index is 924. The number of halogens is 3. The van der Waals surface area contributed by atoms with Gasteiger partial charge >= 0.3 is 0 Å². The van der Waals surface area contributed by atoms with Gasteiger partial charge in [-0.25, -0.2) is 13.8 Å². The summed E-state index contributed by atoms with van der Waals surface area (Å²) in [7, 11) is 0. The van der Waals surface area contributed by atoms with Crippen LogP contribution in [0.4, 0.5) is 8.78 Å². The smallest absolute Gasteiger partial charge is 0.257 e. The number of aryl methyl sites for hydroxylation is 1. The Kier molecular flexibility index (Phi) is 3.17. The predicted octanol–water partition coefficient (Wildman–Crippen LogP) is 3.02. The van der Waals surface area contributed by atoms with E-state index in [1.807, 2.05) is 0 Å². The van der Waals surface area contributed by atoms with Crippen LogP contribution in [0.5, 0.6) is 0 Å². The topological polar surface area (TPSA) is 47.8 Å². The summed E-state index contributed by atoms with van der Waals surface area (Å²) in [5.41, 5.74) is 0.663. The lowest BCUT2D eigenvalue weighted by atomic mass is 10.2. The van der Waals surface area contributed by atoms with Crippen LogP contribution in [0.3, 0.4) is 0 Å². The van der Waals surface area contributed by atoms with E-state index in [1.54, 1.807) is 6.92 Å². The molecule has 2 aromatic heterocycles. The van der Waals surface area contributed by atoms with E-state index < -0.39 is 17.2 Å². The molecule has 1 aromatic carbocycles. The van der Waals surface area contributed by atoms with Gasteiger partial charge in [0.2, 0.25) is 5.28 Å². The zero-order chi connectivity index (χ0) is 15.1. The summed E-state index contributed by atoms with van der Waals surface area (Å²) < 4.78 is 27.6. The average Bonchev–Trinajstić information content (AvgIpc) is 2.42. The molecule has 0 aliphatic heterocycles. The fourth-order valence-corrected chi connectivity index (χ4v) is 2.24. The molecule has 0 atom stereocenters. The van der Waals surface area contributed by atoms with Gasteiger partial charge in [0.15, 0.2) is 17.3 Å². The third kappa shape index (κ3) is 2.27. The van der Waals surface area contributed by atoms with Crippen molar-refractivity contribution >= 4 is 22.6 Å². The highest BCUT2D eigenvalue weighted by molar-refractivity contribution is 6.28. The molecule has 0 saturated heterocycles. The fraction of sp³-hybridized carbons (Fsp3) is 0.0714. The highest BCUT2D eigenvalue weighted by atomic mass is 35.5. The maximum Gasteiger partial charge on any atom is 0.257 e. The summed E-state index contributed by atoms with van der Waals surface area (Å²) in [4.78, 5) is 20.1. The van der Waals surface area contributed by atoms with Gasteiger partial charge in [-0.15, -0.1) is 0 Å². The Morgan fingerprint density at radius 2 is 1.95 bits per heavy atom. The highest BCUT2D eigenvalue weighted by Gasteiger charge is 2.12. The second-order valence-corrected chi connectivity index (χ2v) is 4.81. The number of hydrogen-bond acceptors (Lipinski definition) is 3. The largest absolute Gasteiger partial charge is 0.269 e. The van der Waals surface area contributed by atoms with Crippen molar-refractivity contribution in [3.05, 3.63) is 63.3 Å². The van der Waals surface area contributed by atoms with Gasteiger partial charge in [-0.3, -0.25) is 9.36 Å². The van der Waals surface area contributed by atoms with Crippen LogP contribution in [0.2, 0.25) is 5.28 Å². The Balaban J connectivity index is 2.43. The van der Waals surface area contributed by atoms with Crippen LogP contribution in [0.15, 0.2) is 35.3 Å². The minimum atomic E-state index is -1.05. The van der Waals surface area contributed by atoms with Crippen LogP contribution < -0.4 is 5.56 Å². The lowest BCUT2D eigenvalue weighted by Gasteiger charge is -2.11. The molecule has 0 radical (unpaired) electrons. The summed E-state index contributed by atoms with van der Waals surface area (Å²) in [6.07, 6.45) is 1.48. The van der Waals surface area contributed by atoms with Gasteiger partial charge < -0.3 is 0 Å². The Hall–Kier alpha value is -2.34. The molecule has 0 saturated carbocycles. The van der Waals surface area contributed by atoms with Gasteiger partial charge in [-0.05, 0) is 36.2 Å². The maximum atomic E-state index is 13.4. The molecule has 3 aromatic rings. The van der Waals surface area contributed by atoms with Crippen molar-refractivity contribution in [1.29, 1.82) is 0 Å². The molecular formula is C14H8ClF2N3O. The third-order valence-corrected chi connectivity index (χ3v) is 3.28.